The van der Waals surface area contributed by atoms with E-state index in [1.54, 1.807) is 20.8 Å². The van der Waals surface area contributed by atoms with Gasteiger partial charge in [0.1, 0.15) is 0 Å². The number of carbonyl (C=O) groups is 2. The summed E-state index contributed by atoms with van der Waals surface area (Å²) in [6.07, 6.45) is 3.67. The third kappa shape index (κ3) is 7.80. The summed E-state index contributed by atoms with van der Waals surface area (Å²) < 4.78 is 4.39. The summed E-state index contributed by atoms with van der Waals surface area (Å²) in [5.74, 6) is 0.131. The molecule has 0 bridgehead atoms. The molecule has 2 aromatic rings. The quantitative estimate of drug-likeness (QED) is 0.590. The van der Waals surface area contributed by atoms with E-state index < -0.39 is 6.09 Å². The van der Waals surface area contributed by atoms with Crippen LogP contribution in [0.3, 0.4) is 0 Å². The molecule has 1 atom stereocenters. The topological polar surface area (TPSA) is 96.7 Å². The van der Waals surface area contributed by atoms with Gasteiger partial charge in [0.25, 0.3) is 0 Å². The number of piperidine rings is 1. The number of hydrogen-bond donors (Lipinski definition) is 3. The first-order chi connectivity index (χ1) is 16.7. The van der Waals surface area contributed by atoms with Gasteiger partial charge in [-0.2, -0.15) is 0 Å². The molecular formula is C28H40N4O3. The Morgan fingerprint density at radius 1 is 1.09 bits per heavy atom. The number of anilines is 1. The van der Waals surface area contributed by atoms with Gasteiger partial charge in [-0.25, -0.2) is 4.79 Å². The maximum atomic E-state index is 12.1. The monoisotopic (exact) mass is 480 g/mol. The first kappa shape index (κ1) is 26.7. The number of benzene rings is 2. The second-order valence-electron chi connectivity index (χ2n) is 9.71. The van der Waals surface area contributed by atoms with Crippen molar-refractivity contribution >= 4 is 17.7 Å². The molecule has 190 valence electrons. The fraction of sp³-hybridized carbons (Fsp3) is 0.500. The van der Waals surface area contributed by atoms with Crippen molar-refractivity contribution in [1.29, 1.82) is 0 Å². The summed E-state index contributed by atoms with van der Waals surface area (Å²) in [4.78, 5) is 23.8. The van der Waals surface area contributed by atoms with Crippen molar-refractivity contribution in [2.24, 2.45) is 5.73 Å². The lowest BCUT2D eigenvalue weighted by Crippen LogP contribution is -2.40. The molecule has 1 fully saturated rings. The highest BCUT2D eigenvalue weighted by Crippen LogP contribution is 2.34. The Balaban J connectivity index is 0.000000429. The van der Waals surface area contributed by atoms with Crippen LogP contribution >= 0.6 is 0 Å². The molecule has 0 saturated carbocycles. The molecule has 2 amide bonds. The molecule has 1 saturated heterocycles. The summed E-state index contributed by atoms with van der Waals surface area (Å²) in [5.41, 5.74) is 10.8. The van der Waals surface area contributed by atoms with Gasteiger partial charge in [-0.3, -0.25) is 4.79 Å². The van der Waals surface area contributed by atoms with Crippen LogP contribution in [0.1, 0.15) is 58.1 Å². The number of nitrogens with one attached hydrogen (secondary N) is 2. The van der Waals surface area contributed by atoms with E-state index in [2.05, 4.69) is 70.5 Å². The van der Waals surface area contributed by atoms with Gasteiger partial charge in [0.05, 0.1) is 6.10 Å². The lowest BCUT2D eigenvalue weighted by Gasteiger charge is -2.34. The number of ether oxygens (including phenoxy) is 1. The van der Waals surface area contributed by atoms with Crippen molar-refractivity contribution in [3.63, 3.8) is 0 Å². The summed E-state index contributed by atoms with van der Waals surface area (Å²) >= 11 is 0. The van der Waals surface area contributed by atoms with E-state index >= 15 is 0 Å². The molecule has 2 aromatic carbocycles. The number of fused-ring (bicyclic) bond motifs is 1. The predicted octanol–water partition coefficient (Wildman–Crippen LogP) is 4.37. The molecule has 4 N–H and O–H groups in total. The summed E-state index contributed by atoms with van der Waals surface area (Å²) in [5, 5.41) is 7.09. The molecular weight excluding hydrogens is 440 g/mol. The standard InChI is InChI=1S/C24H31N3O.C4H9NO2/c1-17-3-6-22-15-21(9-10-24(22)27(17)18(2)28)20-7-4-19(5-8-20)16-26-23-11-13-25-14-12-23;1-3(2)7-4(5)6/h4-5,7-10,15,17,23,25-26H,3,6,11-14,16H2,1-2H3;3H,1-2H3,(H2,5,6)/t17-;/m0./s1. The fourth-order valence-electron chi connectivity index (χ4n) is 4.75. The summed E-state index contributed by atoms with van der Waals surface area (Å²) in [6, 6.07) is 16.3. The van der Waals surface area contributed by atoms with E-state index in [4.69, 9.17) is 0 Å². The maximum Gasteiger partial charge on any atom is 0.404 e. The highest BCUT2D eigenvalue weighted by atomic mass is 16.6. The van der Waals surface area contributed by atoms with Gasteiger partial charge in [-0.05, 0) is 93.9 Å². The number of rotatable bonds is 5. The molecule has 0 unspecified atom stereocenters. The number of aryl methyl sites for hydroxylation is 1. The van der Waals surface area contributed by atoms with Crippen LogP contribution in [0.4, 0.5) is 10.5 Å². The van der Waals surface area contributed by atoms with Gasteiger partial charge in [0.2, 0.25) is 5.91 Å². The van der Waals surface area contributed by atoms with Crippen molar-refractivity contribution in [2.75, 3.05) is 18.0 Å². The smallest absolute Gasteiger partial charge is 0.404 e. The second-order valence-corrected chi connectivity index (χ2v) is 9.71. The molecule has 0 aromatic heterocycles. The summed E-state index contributed by atoms with van der Waals surface area (Å²) in [7, 11) is 0. The Morgan fingerprint density at radius 2 is 1.74 bits per heavy atom. The zero-order valence-corrected chi connectivity index (χ0v) is 21.5. The van der Waals surface area contributed by atoms with E-state index in [0.717, 1.165) is 38.2 Å². The van der Waals surface area contributed by atoms with Gasteiger partial charge in [-0.1, -0.05) is 30.3 Å². The Bertz CT molecular complexity index is 984. The minimum atomic E-state index is -0.713. The van der Waals surface area contributed by atoms with Crippen LogP contribution in [-0.4, -0.2) is 43.3 Å². The largest absolute Gasteiger partial charge is 0.447 e. The van der Waals surface area contributed by atoms with Crippen LogP contribution in [0.2, 0.25) is 0 Å². The molecule has 2 aliphatic rings. The average molecular weight is 481 g/mol. The Labute approximate surface area is 209 Å². The third-order valence-electron chi connectivity index (χ3n) is 6.52. The Morgan fingerprint density at radius 3 is 2.31 bits per heavy atom. The molecule has 2 heterocycles. The third-order valence-corrected chi connectivity index (χ3v) is 6.52. The Kier molecular flexibility index (Phi) is 9.69. The lowest BCUT2D eigenvalue weighted by atomic mass is 9.93. The van der Waals surface area contributed by atoms with E-state index in [0.29, 0.717) is 6.04 Å². The van der Waals surface area contributed by atoms with Crippen molar-refractivity contribution in [3.05, 3.63) is 53.6 Å². The van der Waals surface area contributed by atoms with E-state index in [-0.39, 0.29) is 18.1 Å². The van der Waals surface area contributed by atoms with Crippen molar-refractivity contribution in [2.45, 2.75) is 78.1 Å². The van der Waals surface area contributed by atoms with Crippen molar-refractivity contribution < 1.29 is 14.3 Å². The van der Waals surface area contributed by atoms with Crippen LogP contribution < -0.4 is 21.3 Å². The van der Waals surface area contributed by atoms with Gasteiger partial charge in [-0.15, -0.1) is 0 Å². The molecule has 0 aliphatic carbocycles. The molecule has 4 rings (SSSR count). The van der Waals surface area contributed by atoms with E-state index in [1.807, 2.05) is 4.90 Å². The fourth-order valence-corrected chi connectivity index (χ4v) is 4.75. The maximum absolute atomic E-state index is 12.1. The van der Waals surface area contributed by atoms with Crippen LogP contribution in [-0.2, 0) is 22.5 Å². The number of nitrogens with zero attached hydrogens (tertiary/aromatic N) is 1. The van der Waals surface area contributed by atoms with Gasteiger partial charge < -0.3 is 26.0 Å². The molecule has 0 spiro atoms. The van der Waals surface area contributed by atoms with Gasteiger partial charge in [0.15, 0.2) is 0 Å². The zero-order valence-electron chi connectivity index (χ0n) is 21.5. The number of nitrogens with two attached hydrogens (primary N) is 1. The highest BCUT2D eigenvalue weighted by Gasteiger charge is 2.26. The SMILES string of the molecule is CC(=O)N1c2ccc(-c3ccc(CNC4CCNCC4)cc3)cc2CC[C@@H]1C.CC(C)OC(N)=O. The van der Waals surface area contributed by atoms with E-state index in [1.165, 1.54) is 35.1 Å². The number of carbonyl (C=O) groups excluding carboxylic acids is 2. The van der Waals surface area contributed by atoms with Gasteiger partial charge in [0, 0.05) is 31.2 Å². The molecule has 2 aliphatic heterocycles. The molecule has 35 heavy (non-hydrogen) atoms. The van der Waals surface area contributed by atoms with E-state index in [9.17, 15) is 9.59 Å². The number of amides is 2. The zero-order chi connectivity index (χ0) is 25.4. The first-order valence-electron chi connectivity index (χ1n) is 12.7. The Hall–Kier alpha value is -2.90. The van der Waals surface area contributed by atoms with Crippen molar-refractivity contribution in [1.82, 2.24) is 10.6 Å². The predicted molar refractivity (Wildman–Crippen MR) is 141 cm³/mol. The minimum absolute atomic E-state index is 0.0995. The van der Waals surface area contributed by atoms with Crippen LogP contribution in [0.5, 0.6) is 0 Å². The molecule has 7 heteroatoms. The van der Waals surface area contributed by atoms with Crippen LogP contribution in [0.15, 0.2) is 42.5 Å². The number of primary amides is 1. The van der Waals surface area contributed by atoms with Crippen molar-refractivity contribution in [3.8, 4) is 11.1 Å². The summed E-state index contributed by atoms with van der Waals surface area (Å²) in [6.45, 7) is 10.4. The average Bonchev–Trinajstić information content (AvgIpc) is 2.82. The highest BCUT2D eigenvalue weighted by molar-refractivity contribution is 5.94. The lowest BCUT2D eigenvalue weighted by molar-refractivity contribution is -0.117. The minimum Gasteiger partial charge on any atom is -0.447 e. The van der Waals surface area contributed by atoms with Gasteiger partial charge >= 0.3 is 6.09 Å². The first-order valence-corrected chi connectivity index (χ1v) is 12.7. The normalized spacial score (nSPS) is 17.9. The molecule has 7 nitrogen and oxygen atoms in total. The molecule has 0 radical (unpaired) electrons. The van der Waals surface area contributed by atoms with Crippen LogP contribution in [0, 0.1) is 0 Å². The van der Waals surface area contributed by atoms with Crippen LogP contribution in [0.25, 0.3) is 11.1 Å². The number of hydrogen-bond acceptors (Lipinski definition) is 5. The second kappa shape index (κ2) is 12.7.